The summed E-state index contributed by atoms with van der Waals surface area (Å²) in [7, 11) is 3.78. The zero-order valence-corrected chi connectivity index (χ0v) is 7.63. The first kappa shape index (κ1) is 8.80. The zero-order valence-electron chi connectivity index (χ0n) is 7.63. The maximum atomic E-state index is 5.69. The molecule has 0 aliphatic carbocycles. The van der Waals surface area contributed by atoms with Crippen molar-refractivity contribution < 1.29 is 0 Å². The highest BCUT2D eigenvalue weighted by molar-refractivity contribution is 5.60. The van der Waals surface area contributed by atoms with Crippen molar-refractivity contribution in [3.05, 3.63) is 17.8 Å². The molecule has 0 saturated heterocycles. The van der Waals surface area contributed by atoms with Gasteiger partial charge in [-0.2, -0.15) is 0 Å². The minimum atomic E-state index is 0.661. The van der Waals surface area contributed by atoms with Crippen molar-refractivity contribution in [1.82, 2.24) is 9.99 Å². The van der Waals surface area contributed by atoms with Crippen LogP contribution in [0.1, 0.15) is 5.69 Å². The van der Waals surface area contributed by atoms with Crippen LogP contribution in [0.25, 0.3) is 0 Å². The summed E-state index contributed by atoms with van der Waals surface area (Å²) in [6.45, 7) is 1.93. The van der Waals surface area contributed by atoms with Gasteiger partial charge >= 0.3 is 0 Å². The molecule has 3 N–H and O–H groups in total. The Labute approximate surface area is 72.4 Å². The summed E-state index contributed by atoms with van der Waals surface area (Å²) in [6, 6.07) is 3.73. The van der Waals surface area contributed by atoms with Crippen molar-refractivity contribution in [2.75, 3.05) is 25.3 Å². The maximum absolute atomic E-state index is 5.69. The number of nitrogens with two attached hydrogens (primary N) is 1. The van der Waals surface area contributed by atoms with Crippen molar-refractivity contribution in [1.29, 1.82) is 0 Å². The van der Waals surface area contributed by atoms with Crippen molar-refractivity contribution in [3.63, 3.8) is 0 Å². The second-order valence-electron chi connectivity index (χ2n) is 2.90. The number of hydrogen-bond donors (Lipinski definition) is 2. The summed E-state index contributed by atoms with van der Waals surface area (Å²) in [5.74, 6) is 0.708. The molecule has 0 fully saturated rings. The number of hydrazine groups is 1. The molecule has 0 amide bonds. The number of nitrogen functional groups attached to an aromatic ring is 1. The third-order valence-electron chi connectivity index (χ3n) is 1.40. The third kappa shape index (κ3) is 2.10. The van der Waals surface area contributed by atoms with E-state index in [0.717, 1.165) is 5.69 Å². The highest BCUT2D eigenvalue weighted by Crippen LogP contribution is 2.14. The fraction of sp³-hybridized carbons (Fsp3) is 0.375. The Kier molecular flexibility index (Phi) is 2.50. The van der Waals surface area contributed by atoms with E-state index in [9.17, 15) is 0 Å². The number of aryl methyl sites for hydroxylation is 1. The molecule has 0 bridgehead atoms. The summed E-state index contributed by atoms with van der Waals surface area (Å²) in [5, 5.41) is 1.80. The summed E-state index contributed by atoms with van der Waals surface area (Å²) in [4.78, 5) is 4.24. The number of rotatable bonds is 2. The molecule has 1 heterocycles. The number of nitrogens with zero attached hydrogens (tertiary/aromatic N) is 2. The molecule has 0 aliphatic heterocycles. The largest absolute Gasteiger partial charge is 0.396 e. The third-order valence-corrected chi connectivity index (χ3v) is 1.40. The van der Waals surface area contributed by atoms with Gasteiger partial charge in [0.15, 0.2) is 5.82 Å². The van der Waals surface area contributed by atoms with Crippen molar-refractivity contribution >= 4 is 11.5 Å². The van der Waals surface area contributed by atoms with Gasteiger partial charge in [-0.15, -0.1) is 0 Å². The minimum Gasteiger partial charge on any atom is -0.396 e. The molecule has 0 spiro atoms. The van der Waals surface area contributed by atoms with Crippen LogP contribution < -0.4 is 11.2 Å². The molecule has 0 atom stereocenters. The topological polar surface area (TPSA) is 54.2 Å². The predicted molar refractivity (Wildman–Crippen MR) is 50.7 cm³/mol. The van der Waals surface area contributed by atoms with Crippen molar-refractivity contribution in [2.45, 2.75) is 6.92 Å². The average molecular weight is 166 g/mol. The normalized spacial score (nSPS) is 10.3. The molecule has 1 aromatic rings. The Morgan fingerprint density at radius 2 is 2.08 bits per heavy atom. The molecule has 0 unspecified atom stereocenters. The lowest BCUT2D eigenvalue weighted by Gasteiger charge is -2.14. The lowest BCUT2D eigenvalue weighted by atomic mass is 10.3. The average Bonchev–Trinajstić information content (AvgIpc) is 1.96. The molecule has 4 heteroatoms. The smallest absolute Gasteiger partial charge is 0.163 e. The van der Waals surface area contributed by atoms with Crippen LogP contribution in [0.5, 0.6) is 0 Å². The van der Waals surface area contributed by atoms with Crippen LogP contribution in [0, 0.1) is 6.92 Å². The van der Waals surface area contributed by atoms with E-state index in [1.54, 1.807) is 5.01 Å². The molecule has 4 nitrogen and oxygen atoms in total. The quantitative estimate of drug-likeness (QED) is 0.640. The highest BCUT2D eigenvalue weighted by atomic mass is 15.5. The monoisotopic (exact) mass is 166 g/mol. The van der Waals surface area contributed by atoms with E-state index in [2.05, 4.69) is 10.4 Å². The first-order valence-corrected chi connectivity index (χ1v) is 3.76. The zero-order chi connectivity index (χ0) is 9.14. The van der Waals surface area contributed by atoms with Gasteiger partial charge in [0, 0.05) is 19.8 Å². The summed E-state index contributed by atoms with van der Waals surface area (Å²) in [5.41, 5.74) is 10.3. The number of anilines is 2. The molecule has 1 rings (SSSR count). The highest BCUT2D eigenvalue weighted by Gasteiger charge is 2.00. The molecule has 0 radical (unpaired) electrons. The fourth-order valence-corrected chi connectivity index (χ4v) is 0.869. The predicted octanol–water partition coefficient (Wildman–Crippen LogP) is 0.861. The second-order valence-corrected chi connectivity index (χ2v) is 2.90. The minimum absolute atomic E-state index is 0.661. The van der Waals surface area contributed by atoms with Gasteiger partial charge in [0.05, 0.1) is 5.69 Å². The van der Waals surface area contributed by atoms with Gasteiger partial charge in [0.1, 0.15) is 0 Å². The Hall–Kier alpha value is -1.29. The van der Waals surface area contributed by atoms with Crippen LogP contribution in [-0.2, 0) is 0 Å². The second kappa shape index (κ2) is 3.40. The van der Waals surface area contributed by atoms with E-state index in [0.29, 0.717) is 11.5 Å². The fourth-order valence-electron chi connectivity index (χ4n) is 0.869. The Morgan fingerprint density at radius 1 is 1.42 bits per heavy atom. The maximum Gasteiger partial charge on any atom is 0.163 e. The van der Waals surface area contributed by atoms with Crippen LogP contribution in [0.4, 0.5) is 11.5 Å². The molecule has 1 aromatic heterocycles. The number of hydrogen-bond acceptors (Lipinski definition) is 4. The SMILES string of the molecule is Cc1ccc(N)c(NN(C)C)n1. The molecule has 0 saturated carbocycles. The van der Waals surface area contributed by atoms with Gasteiger partial charge in [0.25, 0.3) is 0 Å². The number of nitrogens with one attached hydrogen (secondary N) is 1. The summed E-state index contributed by atoms with van der Waals surface area (Å²) in [6.07, 6.45) is 0. The van der Waals surface area contributed by atoms with E-state index in [4.69, 9.17) is 5.73 Å². The molecule has 0 aliphatic rings. The van der Waals surface area contributed by atoms with Crippen LogP contribution in [0.15, 0.2) is 12.1 Å². The van der Waals surface area contributed by atoms with E-state index in [1.807, 2.05) is 33.2 Å². The van der Waals surface area contributed by atoms with Gasteiger partial charge in [-0.3, -0.25) is 0 Å². The van der Waals surface area contributed by atoms with Gasteiger partial charge < -0.3 is 11.2 Å². The first-order chi connectivity index (χ1) is 5.59. The van der Waals surface area contributed by atoms with Crippen molar-refractivity contribution in [3.8, 4) is 0 Å². The Morgan fingerprint density at radius 3 is 2.67 bits per heavy atom. The van der Waals surface area contributed by atoms with E-state index in [1.165, 1.54) is 0 Å². The first-order valence-electron chi connectivity index (χ1n) is 3.76. The summed E-state index contributed by atoms with van der Waals surface area (Å²) >= 11 is 0. The Balaban J connectivity index is 2.90. The van der Waals surface area contributed by atoms with Crippen LogP contribution >= 0.6 is 0 Å². The number of aromatic nitrogens is 1. The number of pyridine rings is 1. The molecule has 0 aromatic carbocycles. The lowest BCUT2D eigenvalue weighted by molar-refractivity contribution is 0.492. The van der Waals surface area contributed by atoms with E-state index >= 15 is 0 Å². The molecule has 66 valence electrons. The van der Waals surface area contributed by atoms with Gasteiger partial charge in [0.2, 0.25) is 0 Å². The molecular formula is C8H14N4. The lowest BCUT2D eigenvalue weighted by Crippen LogP contribution is -2.21. The van der Waals surface area contributed by atoms with Gasteiger partial charge in [-0.25, -0.2) is 9.99 Å². The molecular weight excluding hydrogens is 152 g/mol. The van der Waals surface area contributed by atoms with Crippen LogP contribution in [0.3, 0.4) is 0 Å². The van der Waals surface area contributed by atoms with Crippen molar-refractivity contribution in [2.24, 2.45) is 0 Å². The molecule has 12 heavy (non-hydrogen) atoms. The van der Waals surface area contributed by atoms with Crippen LogP contribution in [-0.4, -0.2) is 24.1 Å². The van der Waals surface area contributed by atoms with E-state index < -0.39 is 0 Å². The van der Waals surface area contributed by atoms with Gasteiger partial charge in [-0.1, -0.05) is 0 Å². The van der Waals surface area contributed by atoms with E-state index in [-0.39, 0.29) is 0 Å². The standard InChI is InChI=1S/C8H14N4/c1-6-4-5-7(9)8(10-6)11-12(2)3/h4-5H,9H2,1-3H3,(H,10,11). The van der Waals surface area contributed by atoms with Gasteiger partial charge in [-0.05, 0) is 19.1 Å². The Bertz CT molecular complexity index is 270. The van der Waals surface area contributed by atoms with Crippen LogP contribution in [0.2, 0.25) is 0 Å². The summed E-state index contributed by atoms with van der Waals surface area (Å²) < 4.78 is 0.